The Bertz CT molecular complexity index is 519. The van der Waals surface area contributed by atoms with Gasteiger partial charge in [0.2, 0.25) is 11.8 Å². The molecule has 128 valence electrons. The second kappa shape index (κ2) is 9.53. The van der Waals surface area contributed by atoms with Crippen LogP contribution in [0.5, 0.6) is 0 Å². The van der Waals surface area contributed by atoms with Crippen LogP contribution in [-0.4, -0.2) is 38.0 Å². The van der Waals surface area contributed by atoms with Gasteiger partial charge in [-0.25, -0.2) is 0 Å². The lowest BCUT2D eigenvalue weighted by atomic mass is 10.0. The Kier molecular flexibility index (Phi) is 8.06. The average Bonchev–Trinajstić information content (AvgIpc) is 2.51. The molecular formula is C17H26ClN3O2. The second-order valence-electron chi connectivity index (χ2n) is 5.79. The summed E-state index contributed by atoms with van der Waals surface area (Å²) in [5.74, 6) is -0.0450. The van der Waals surface area contributed by atoms with E-state index in [4.69, 9.17) is 0 Å². The van der Waals surface area contributed by atoms with Gasteiger partial charge in [0.25, 0.3) is 0 Å². The number of nitrogens with one attached hydrogen (secondary N) is 2. The van der Waals surface area contributed by atoms with Crippen LogP contribution in [-0.2, 0) is 9.59 Å². The van der Waals surface area contributed by atoms with Crippen molar-refractivity contribution in [3.05, 3.63) is 29.8 Å². The molecule has 1 aromatic carbocycles. The quantitative estimate of drug-likeness (QED) is 0.780. The minimum absolute atomic E-state index is 0. The Balaban J connectivity index is 0.00000264. The maximum Gasteiger partial charge on any atom is 0.249 e. The third kappa shape index (κ3) is 5.52. The van der Waals surface area contributed by atoms with Crippen LogP contribution < -0.4 is 15.5 Å². The molecule has 6 heteroatoms. The van der Waals surface area contributed by atoms with Gasteiger partial charge in [-0.2, -0.15) is 0 Å². The van der Waals surface area contributed by atoms with Gasteiger partial charge in [0.05, 0.1) is 0 Å². The fourth-order valence-corrected chi connectivity index (χ4v) is 2.68. The first-order chi connectivity index (χ1) is 10.6. The number of piperidine rings is 1. The molecule has 1 saturated heterocycles. The number of aryl methyl sites for hydroxylation is 1. The number of carbonyl (C=O) groups is 2. The van der Waals surface area contributed by atoms with Crippen LogP contribution in [0.3, 0.4) is 0 Å². The monoisotopic (exact) mass is 339 g/mol. The summed E-state index contributed by atoms with van der Waals surface area (Å²) in [4.78, 5) is 26.3. The SMILES string of the molecule is CNCCCC(=O)NC1CCCN(c2ccc(C)cc2)C1=O.Cl. The molecule has 1 heterocycles. The summed E-state index contributed by atoms with van der Waals surface area (Å²) in [6.07, 6.45) is 2.86. The van der Waals surface area contributed by atoms with Crippen molar-refractivity contribution in [2.75, 3.05) is 25.0 Å². The molecule has 0 radical (unpaired) electrons. The van der Waals surface area contributed by atoms with E-state index in [0.717, 1.165) is 31.5 Å². The van der Waals surface area contributed by atoms with E-state index in [1.807, 2.05) is 38.2 Å². The van der Waals surface area contributed by atoms with Crippen molar-refractivity contribution in [1.29, 1.82) is 0 Å². The largest absolute Gasteiger partial charge is 0.344 e. The van der Waals surface area contributed by atoms with Crippen LogP contribution in [0.25, 0.3) is 0 Å². The molecule has 1 aromatic rings. The molecule has 5 nitrogen and oxygen atoms in total. The highest BCUT2D eigenvalue weighted by Crippen LogP contribution is 2.21. The third-order valence-electron chi connectivity index (χ3n) is 3.95. The summed E-state index contributed by atoms with van der Waals surface area (Å²) < 4.78 is 0. The first-order valence-corrected chi connectivity index (χ1v) is 7.94. The van der Waals surface area contributed by atoms with Gasteiger partial charge in [0.1, 0.15) is 6.04 Å². The van der Waals surface area contributed by atoms with Crippen LogP contribution in [0, 0.1) is 6.92 Å². The molecule has 1 fully saturated rings. The summed E-state index contributed by atoms with van der Waals surface area (Å²) in [5.41, 5.74) is 2.08. The van der Waals surface area contributed by atoms with Crippen LogP contribution >= 0.6 is 12.4 Å². The normalized spacial score (nSPS) is 17.6. The van der Waals surface area contributed by atoms with E-state index in [9.17, 15) is 9.59 Å². The van der Waals surface area contributed by atoms with Crippen LogP contribution in [0.15, 0.2) is 24.3 Å². The van der Waals surface area contributed by atoms with Gasteiger partial charge < -0.3 is 15.5 Å². The van der Waals surface area contributed by atoms with Gasteiger partial charge in [-0.15, -0.1) is 12.4 Å². The minimum atomic E-state index is -0.392. The molecule has 2 rings (SSSR count). The maximum absolute atomic E-state index is 12.6. The molecule has 1 atom stereocenters. The maximum atomic E-state index is 12.6. The van der Waals surface area contributed by atoms with Crippen LogP contribution in [0.1, 0.15) is 31.2 Å². The first-order valence-electron chi connectivity index (χ1n) is 7.94. The van der Waals surface area contributed by atoms with Crippen molar-refractivity contribution >= 4 is 29.9 Å². The van der Waals surface area contributed by atoms with Gasteiger partial charge in [-0.1, -0.05) is 17.7 Å². The lowest BCUT2D eigenvalue weighted by Crippen LogP contribution is -2.52. The molecule has 1 aliphatic heterocycles. The molecule has 1 aliphatic rings. The van der Waals surface area contributed by atoms with Crippen molar-refractivity contribution in [3.63, 3.8) is 0 Å². The molecule has 0 aromatic heterocycles. The Morgan fingerprint density at radius 3 is 2.65 bits per heavy atom. The van der Waals surface area contributed by atoms with E-state index >= 15 is 0 Å². The van der Waals surface area contributed by atoms with E-state index in [2.05, 4.69) is 10.6 Å². The van der Waals surface area contributed by atoms with Gasteiger partial charge >= 0.3 is 0 Å². The van der Waals surface area contributed by atoms with Crippen molar-refractivity contribution < 1.29 is 9.59 Å². The molecule has 0 aliphatic carbocycles. The van der Waals surface area contributed by atoms with Gasteiger partial charge in [-0.3, -0.25) is 9.59 Å². The number of hydrogen-bond donors (Lipinski definition) is 2. The smallest absolute Gasteiger partial charge is 0.249 e. The lowest BCUT2D eigenvalue weighted by Gasteiger charge is -2.32. The molecule has 0 bridgehead atoms. The predicted octanol–water partition coefficient (Wildman–Crippen LogP) is 2.03. The van der Waals surface area contributed by atoms with E-state index in [1.165, 1.54) is 5.56 Å². The molecule has 1 unspecified atom stereocenters. The molecule has 23 heavy (non-hydrogen) atoms. The van der Waals surface area contributed by atoms with Crippen molar-refractivity contribution in [1.82, 2.24) is 10.6 Å². The van der Waals surface area contributed by atoms with E-state index in [1.54, 1.807) is 4.90 Å². The topological polar surface area (TPSA) is 61.4 Å². The van der Waals surface area contributed by atoms with Crippen LogP contribution in [0.4, 0.5) is 5.69 Å². The van der Waals surface area contributed by atoms with Crippen molar-refractivity contribution in [2.24, 2.45) is 0 Å². The Morgan fingerprint density at radius 1 is 1.30 bits per heavy atom. The molecule has 2 amide bonds. The Labute approximate surface area is 144 Å². The van der Waals surface area contributed by atoms with E-state index in [-0.39, 0.29) is 24.2 Å². The van der Waals surface area contributed by atoms with E-state index < -0.39 is 6.04 Å². The Hall–Kier alpha value is -1.59. The highest BCUT2D eigenvalue weighted by atomic mass is 35.5. The number of carbonyl (C=O) groups excluding carboxylic acids is 2. The number of halogens is 1. The minimum Gasteiger partial charge on any atom is -0.344 e. The summed E-state index contributed by atoms with van der Waals surface area (Å²) in [6.45, 7) is 3.55. The third-order valence-corrected chi connectivity index (χ3v) is 3.95. The molecule has 0 saturated carbocycles. The number of rotatable bonds is 6. The van der Waals surface area contributed by atoms with Crippen LogP contribution in [0.2, 0.25) is 0 Å². The zero-order valence-corrected chi connectivity index (χ0v) is 14.6. The molecule has 2 N–H and O–H groups in total. The van der Waals surface area contributed by atoms with Crippen molar-refractivity contribution in [2.45, 2.75) is 38.6 Å². The zero-order valence-electron chi connectivity index (χ0n) is 13.8. The van der Waals surface area contributed by atoms with Gasteiger partial charge in [0, 0.05) is 18.7 Å². The fraction of sp³-hybridized carbons (Fsp3) is 0.529. The summed E-state index contributed by atoms with van der Waals surface area (Å²) in [6, 6.07) is 7.54. The number of hydrogen-bond acceptors (Lipinski definition) is 3. The van der Waals surface area contributed by atoms with E-state index in [0.29, 0.717) is 13.0 Å². The van der Waals surface area contributed by atoms with Crippen molar-refractivity contribution in [3.8, 4) is 0 Å². The average molecular weight is 340 g/mol. The standard InChI is InChI=1S/C17H25N3O2.ClH/c1-13-7-9-14(10-8-13)20-12-4-5-15(17(20)22)19-16(21)6-3-11-18-2;/h7-10,15,18H,3-6,11-12H2,1-2H3,(H,19,21);1H. The summed E-state index contributed by atoms with van der Waals surface area (Å²) in [7, 11) is 1.86. The molecular weight excluding hydrogens is 314 g/mol. The highest BCUT2D eigenvalue weighted by Gasteiger charge is 2.30. The summed E-state index contributed by atoms with van der Waals surface area (Å²) >= 11 is 0. The number of nitrogens with zero attached hydrogens (tertiary/aromatic N) is 1. The number of anilines is 1. The zero-order chi connectivity index (χ0) is 15.9. The fourth-order valence-electron chi connectivity index (χ4n) is 2.68. The first kappa shape index (κ1) is 19.5. The molecule has 0 spiro atoms. The number of benzene rings is 1. The summed E-state index contributed by atoms with van der Waals surface area (Å²) in [5, 5.41) is 5.89. The Morgan fingerprint density at radius 2 is 2.00 bits per heavy atom. The highest BCUT2D eigenvalue weighted by molar-refractivity contribution is 5.99. The number of amides is 2. The second-order valence-corrected chi connectivity index (χ2v) is 5.79. The predicted molar refractivity (Wildman–Crippen MR) is 95.1 cm³/mol. The van der Waals surface area contributed by atoms with Gasteiger partial charge in [-0.05, 0) is 51.9 Å². The lowest BCUT2D eigenvalue weighted by molar-refractivity contribution is -0.128. The van der Waals surface area contributed by atoms with Gasteiger partial charge in [0.15, 0.2) is 0 Å².